The second kappa shape index (κ2) is 4.91. The highest BCUT2D eigenvalue weighted by atomic mass is 16.3. The first-order valence-electron chi connectivity index (χ1n) is 5.70. The predicted octanol–water partition coefficient (Wildman–Crippen LogP) is 1.79. The van der Waals surface area contributed by atoms with Gasteiger partial charge in [0.15, 0.2) is 0 Å². The van der Waals surface area contributed by atoms with E-state index in [1.807, 2.05) is 14.0 Å². The summed E-state index contributed by atoms with van der Waals surface area (Å²) in [4.78, 5) is 17.9. The van der Waals surface area contributed by atoms with Crippen molar-refractivity contribution < 1.29 is 9.90 Å². The topological polar surface area (TPSA) is 58.4 Å². The highest BCUT2D eigenvalue weighted by molar-refractivity contribution is 6.04. The number of carbonyl (C=O) groups is 1. The molecule has 0 unspecified atom stereocenters. The van der Waals surface area contributed by atoms with E-state index in [4.69, 9.17) is 0 Å². The zero-order chi connectivity index (χ0) is 13.1. The van der Waals surface area contributed by atoms with Crippen molar-refractivity contribution in [1.82, 2.24) is 9.55 Å². The SMILES string of the molecule is CCN(C(=O)c1cn(C)cn1)c1cccc(O)c1. The third kappa shape index (κ3) is 2.34. The number of hydrogen-bond acceptors (Lipinski definition) is 3. The van der Waals surface area contributed by atoms with Crippen molar-refractivity contribution >= 4 is 11.6 Å². The van der Waals surface area contributed by atoms with E-state index in [-0.39, 0.29) is 11.7 Å². The molecule has 0 fully saturated rings. The standard InChI is InChI=1S/C13H15N3O2/c1-3-16(10-5-4-6-11(17)7-10)13(18)12-8-15(2)9-14-12/h4-9,17H,3H2,1-2H3. The Bertz CT molecular complexity index is 563. The van der Waals surface area contributed by atoms with E-state index in [2.05, 4.69) is 4.98 Å². The van der Waals surface area contributed by atoms with E-state index >= 15 is 0 Å². The van der Waals surface area contributed by atoms with E-state index in [0.29, 0.717) is 17.9 Å². The molecule has 2 aromatic rings. The Labute approximate surface area is 105 Å². The molecule has 0 aliphatic carbocycles. The van der Waals surface area contributed by atoms with Gasteiger partial charge in [0.25, 0.3) is 5.91 Å². The van der Waals surface area contributed by atoms with Crippen molar-refractivity contribution in [2.24, 2.45) is 7.05 Å². The van der Waals surface area contributed by atoms with Crippen molar-refractivity contribution in [3.63, 3.8) is 0 Å². The van der Waals surface area contributed by atoms with Crippen LogP contribution in [0.25, 0.3) is 0 Å². The lowest BCUT2D eigenvalue weighted by Crippen LogP contribution is -2.30. The number of benzene rings is 1. The molecular formula is C13H15N3O2. The summed E-state index contributed by atoms with van der Waals surface area (Å²) in [5.41, 5.74) is 1.05. The largest absolute Gasteiger partial charge is 0.508 e. The van der Waals surface area contributed by atoms with Crippen molar-refractivity contribution in [3.8, 4) is 5.75 Å². The van der Waals surface area contributed by atoms with Crippen molar-refractivity contribution in [2.45, 2.75) is 6.92 Å². The van der Waals surface area contributed by atoms with Gasteiger partial charge in [-0.3, -0.25) is 4.79 Å². The molecule has 0 aliphatic rings. The van der Waals surface area contributed by atoms with Gasteiger partial charge >= 0.3 is 0 Å². The van der Waals surface area contributed by atoms with E-state index < -0.39 is 0 Å². The molecule has 94 valence electrons. The summed E-state index contributed by atoms with van der Waals surface area (Å²) >= 11 is 0. The molecule has 1 aromatic carbocycles. The van der Waals surface area contributed by atoms with Crippen LogP contribution in [0.1, 0.15) is 17.4 Å². The van der Waals surface area contributed by atoms with Gasteiger partial charge in [-0.05, 0) is 19.1 Å². The Balaban J connectivity index is 2.31. The lowest BCUT2D eigenvalue weighted by molar-refractivity contribution is 0.0984. The zero-order valence-electron chi connectivity index (χ0n) is 10.4. The second-order valence-corrected chi connectivity index (χ2v) is 3.99. The Morgan fingerprint density at radius 2 is 2.28 bits per heavy atom. The van der Waals surface area contributed by atoms with Gasteiger partial charge < -0.3 is 14.6 Å². The number of aromatic hydroxyl groups is 1. The summed E-state index contributed by atoms with van der Waals surface area (Å²) in [5, 5.41) is 9.46. The molecule has 5 heteroatoms. The third-order valence-electron chi connectivity index (χ3n) is 2.63. The second-order valence-electron chi connectivity index (χ2n) is 3.99. The number of imidazole rings is 1. The quantitative estimate of drug-likeness (QED) is 0.896. The zero-order valence-corrected chi connectivity index (χ0v) is 10.4. The van der Waals surface area contributed by atoms with Crippen LogP contribution in [-0.4, -0.2) is 27.1 Å². The summed E-state index contributed by atoms with van der Waals surface area (Å²) < 4.78 is 1.73. The van der Waals surface area contributed by atoms with Crippen LogP contribution in [-0.2, 0) is 7.05 Å². The van der Waals surface area contributed by atoms with E-state index in [1.54, 1.807) is 46.3 Å². The van der Waals surface area contributed by atoms with Crippen LogP contribution in [0.15, 0.2) is 36.8 Å². The number of anilines is 1. The molecule has 0 atom stereocenters. The predicted molar refractivity (Wildman–Crippen MR) is 68.7 cm³/mol. The number of rotatable bonds is 3. The minimum absolute atomic E-state index is 0.139. The summed E-state index contributed by atoms with van der Waals surface area (Å²) in [6, 6.07) is 6.62. The Hall–Kier alpha value is -2.30. The molecule has 5 nitrogen and oxygen atoms in total. The van der Waals surface area contributed by atoms with Crippen LogP contribution in [0.4, 0.5) is 5.69 Å². The molecule has 1 heterocycles. The Kier molecular flexibility index (Phi) is 3.32. The number of amides is 1. The molecule has 1 N–H and O–H groups in total. The molecule has 18 heavy (non-hydrogen) atoms. The van der Waals surface area contributed by atoms with Crippen LogP contribution < -0.4 is 4.90 Å². The van der Waals surface area contributed by atoms with Gasteiger partial charge in [0.1, 0.15) is 11.4 Å². The highest BCUT2D eigenvalue weighted by Gasteiger charge is 2.18. The number of aromatic nitrogens is 2. The van der Waals surface area contributed by atoms with Crippen molar-refractivity contribution in [2.75, 3.05) is 11.4 Å². The summed E-state index contributed by atoms with van der Waals surface area (Å²) in [6.45, 7) is 2.39. The first kappa shape index (κ1) is 12.2. The smallest absolute Gasteiger partial charge is 0.278 e. The molecule has 0 radical (unpaired) electrons. The number of aryl methyl sites for hydroxylation is 1. The lowest BCUT2D eigenvalue weighted by Gasteiger charge is -2.20. The first-order valence-corrected chi connectivity index (χ1v) is 5.70. The fraction of sp³-hybridized carbons (Fsp3) is 0.231. The van der Waals surface area contributed by atoms with Crippen molar-refractivity contribution in [1.29, 1.82) is 0 Å². The average Bonchev–Trinajstić information content (AvgIpc) is 2.77. The Morgan fingerprint density at radius 3 is 2.83 bits per heavy atom. The average molecular weight is 245 g/mol. The molecule has 0 saturated heterocycles. The molecule has 1 amide bonds. The van der Waals surface area contributed by atoms with E-state index in [9.17, 15) is 9.90 Å². The molecule has 0 saturated carbocycles. The maximum atomic E-state index is 12.3. The van der Waals surface area contributed by atoms with Crippen LogP contribution >= 0.6 is 0 Å². The highest BCUT2D eigenvalue weighted by Crippen LogP contribution is 2.21. The normalized spacial score (nSPS) is 10.3. The number of hydrogen-bond donors (Lipinski definition) is 1. The molecule has 1 aromatic heterocycles. The monoisotopic (exact) mass is 245 g/mol. The minimum Gasteiger partial charge on any atom is -0.508 e. The van der Waals surface area contributed by atoms with E-state index in [0.717, 1.165) is 0 Å². The Morgan fingerprint density at radius 1 is 1.50 bits per heavy atom. The summed E-state index contributed by atoms with van der Waals surface area (Å²) in [7, 11) is 1.81. The maximum absolute atomic E-state index is 12.3. The van der Waals surface area contributed by atoms with Crippen LogP contribution in [0.2, 0.25) is 0 Å². The van der Waals surface area contributed by atoms with Crippen molar-refractivity contribution in [3.05, 3.63) is 42.5 Å². The minimum atomic E-state index is -0.177. The van der Waals surface area contributed by atoms with Gasteiger partial charge in [-0.1, -0.05) is 6.07 Å². The van der Waals surface area contributed by atoms with Gasteiger partial charge in [0.05, 0.1) is 6.33 Å². The number of carbonyl (C=O) groups excluding carboxylic acids is 1. The van der Waals surface area contributed by atoms with Crippen LogP contribution in [0, 0.1) is 0 Å². The molecule has 0 aliphatic heterocycles. The fourth-order valence-electron chi connectivity index (χ4n) is 1.77. The van der Waals surface area contributed by atoms with Crippen LogP contribution in [0.5, 0.6) is 5.75 Å². The fourth-order valence-corrected chi connectivity index (χ4v) is 1.77. The van der Waals surface area contributed by atoms with Gasteiger partial charge in [0.2, 0.25) is 0 Å². The summed E-state index contributed by atoms with van der Waals surface area (Å²) in [5.74, 6) is -0.0385. The number of phenols is 1. The third-order valence-corrected chi connectivity index (χ3v) is 2.63. The summed E-state index contributed by atoms with van der Waals surface area (Å²) in [6.07, 6.45) is 3.26. The van der Waals surface area contributed by atoms with Gasteiger partial charge in [-0.2, -0.15) is 0 Å². The van der Waals surface area contributed by atoms with Gasteiger partial charge in [-0.25, -0.2) is 4.98 Å². The first-order chi connectivity index (χ1) is 8.61. The van der Waals surface area contributed by atoms with Gasteiger partial charge in [0, 0.05) is 31.5 Å². The molecule has 0 bridgehead atoms. The molecular weight excluding hydrogens is 230 g/mol. The molecule has 2 rings (SSSR count). The van der Waals surface area contributed by atoms with E-state index in [1.165, 1.54) is 0 Å². The van der Waals surface area contributed by atoms with Crippen LogP contribution in [0.3, 0.4) is 0 Å². The number of phenolic OH excluding ortho intramolecular Hbond substituents is 1. The molecule has 0 spiro atoms. The van der Waals surface area contributed by atoms with Gasteiger partial charge in [-0.15, -0.1) is 0 Å². The maximum Gasteiger partial charge on any atom is 0.278 e. The number of nitrogens with zero attached hydrogens (tertiary/aromatic N) is 3. The lowest BCUT2D eigenvalue weighted by atomic mass is 10.2.